The van der Waals surface area contributed by atoms with Crippen molar-refractivity contribution in [2.75, 3.05) is 19.6 Å². The summed E-state index contributed by atoms with van der Waals surface area (Å²) in [7, 11) is 1.76. The highest BCUT2D eigenvalue weighted by Gasteiger charge is 2.41. The van der Waals surface area contributed by atoms with E-state index in [0.29, 0.717) is 38.3 Å². The summed E-state index contributed by atoms with van der Waals surface area (Å²) in [4.78, 5) is 33.6. The zero-order valence-electron chi connectivity index (χ0n) is 17.1. The van der Waals surface area contributed by atoms with Gasteiger partial charge in [0.15, 0.2) is 0 Å². The van der Waals surface area contributed by atoms with E-state index < -0.39 is 6.10 Å². The number of hydrogen-bond donors (Lipinski definition) is 2. The van der Waals surface area contributed by atoms with E-state index >= 15 is 0 Å². The van der Waals surface area contributed by atoms with Gasteiger partial charge in [0.1, 0.15) is 5.69 Å². The lowest BCUT2D eigenvalue weighted by Gasteiger charge is -2.38. The number of nitrogens with zero attached hydrogens (tertiary/aromatic N) is 5. The number of aliphatic hydroxyl groups is 1. The maximum absolute atomic E-state index is 12.8. The second kappa shape index (κ2) is 8.93. The fourth-order valence-corrected chi connectivity index (χ4v) is 4.46. The van der Waals surface area contributed by atoms with Crippen molar-refractivity contribution in [3.8, 4) is 0 Å². The monoisotopic (exact) mass is 412 g/mol. The smallest absolute Gasteiger partial charge is 0.272 e. The number of hydrogen-bond acceptors (Lipinski definition) is 6. The van der Waals surface area contributed by atoms with Crippen molar-refractivity contribution in [3.05, 3.63) is 48.0 Å². The van der Waals surface area contributed by atoms with Crippen molar-refractivity contribution < 1.29 is 14.7 Å². The van der Waals surface area contributed by atoms with Gasteiger partial charge in [0, 0.05) is 57.9 Å². The molecule has 2 amide bonds. The minimum atomic E-state index is -0.506. The summed E-state index contributed by atoms with van der Waals surface area (Å²) in [6.07, 6.45) is 6.55. The van der Waals surface area contributed by atoms with Crippen molar-refractivity contribution in [1.29, 1.82) is 0 Å². The number of piperidine rings is 1. The summed E-state index contributed by atoms with van der Waals surface area (Å²) in [6.45, 7) is 2.17. The molecule has 0 aliphatic carbocycles. The molecule has 9 nitrogen and oxygen atoms in total. The summed E-state index contributed by atoms with van der Waals surface area (Å²) >= 11 is 0. The van der Waals surface area contributed by atoms with E-state index in [-0.39, 0.29) is 23.9 Å². The van der Waals surface area contributed by atoms with Crippen LogP contribution in [0, 0.1) is 0 Å². The molecule has 2 aromatic rings. The van der Waals surface area contributed by atoms with Crippen LogP contribution in [-0.4, -0.2) is 79.3 Å². The summed E-state index contributed by atoms with van der Waals surface area (Å²) in [5.41, 5.74) is 1.52. The molecule has 30 heavy (non-hydrogen) atoms. The van der Waals surface area contributed by atoms with Gasteiger partial charge in [0.05, 0.1) is 12.1 Å². The van der Waals surface area contributed by atoms with Crippen molar-refractivity contribution >= 4 is 11.8 Å². The number of rotatable bonds is 5. The molecular formula is C21H28N6O3. The molecule has 2 aliphatic heterocycles. The molecule has 0 radical (unpaired) electrons. The third-order valence-corrected chi connectivity index (χ3v) is 6.07. The van der Waals surface area contributed by atoms with E-state index in [1.807, 2.05) is 17.0 Å². The first-order chi connectivity index (χ1) is 14.5. The molecule has 9 heteroatoms. The zero-order chi connectivity index (χ0) is 21.1. The van der Waals surface area contributed by atoms with Gasteiger partial charge in [-0.2, -0.15) is 5.10 Å². The van der Waals surface area contributed by atoms with Crippen LogP contribution >= 0.6 is 0 Å². The van der Waals surface area contributed by atoms with Crippen molar-refractivity contribution in [2.45, 2.75) is 44.0 Å². The lowest BCUT2D eigenvalue weighted by Crippen LogP contribution is -2.52. The fourth-order valence-electron chi connectivity index (χ4n) is 4.46. The van der Waals surface area contributed by atoms with Gasteiger partial charge in [-0.3, -0.25) is 24.2 Å². The number of aliphatic hydroxyl groups excluding tert-OH is 1. The molecule has 4 rings (SSSR count). The average molecular weight is 412 g/mol. The predicted octanol–water partition coefficient (Wildman–Crippen LogP) is 0.171. The minimum Gasteiger partial charge on any atom is -0.392 e. The molecule has 2 fully saturated rings. The van der Waals surface area contributed by atoms with Crippen LogP contribution < -0.4 is 5.32 Å². The van der Waals surface area contributed by atoms with Crippen molar-refractivity contribution in [1.82, 2.24) is 29.9 Å². The number of likely N-dealkylation sites (tertiary alicyclic amines) is 2. The third kappa shape index (κ3) is 4.36. The molecule has 0 aromatic carbocycles. The van der Waals surface area contributed by atoms with Gasteiger partial charge < -0.3 is 15.3 Å². The number of pyridine rings is 1. The molecule has 160 valence electrons. The molecule has 2 N–H and O–H groups in total. The van der Waals surface area contributed by atoms with Crippen LogP contribution in [-0.2, 0) is 18.4 Å². The molecular weight excluding hydrogens is 384 g/mol. The highest BCUT2D eigenvalue weighted by Crippen LogP contribution is 2.27. The van der Waals surface area contributed by atoms with E-state index in [2.05, 4.69) is 20.3 Å². The van der Waals surface area contributed by atoms with Gasteiger partial charge in [0.2, 0.25) is 5.91 Å². The molecule has 2 saturated heterocycles. The van der Waals surface area contributed by atoms with Gasteiger partial charge in [-0.15, -0.1) is 0 Å². The Hall–Kier alpha value is -2.78. The van der Waals surface area contributed by atoms with Crippen LogP contribution in [0.5, 0.6) is 0 Å². The molecule has 0 unspecified atom stereocenters. The Kier molecular flexibility index (Phi) is 6.10. The number of carbonyl (C=O) groups is 2. The Morgan fingerprint density at radius 2 is 2.03 bits per heavy atom. The van der Waals surface area contributed by atoms with Crippen LogP contribution in [0.15, 0.2) is 36.8 Å². The number of nitrogens with one attached hydrogen (secondary N) is 1. The zero-order valence-corrected chi connectivity index (χ0v) is 17.1. The van der Waals surface area contributed by atoms with E-state index in [1.165, 1.54) is 0 Å². The summed E-state index contributed by atoms with van der Waals surface area (Å²) in [5, 5.41) is 17.3. The van der Waals surface area contributed by atoms with E-state index in [0.717, 1.165) is 18.4 Å². The van der Waals surface area contributed by atoms with Gasteiger partial charge in [-0.25, -0.2) is 0 Å². The predicted molar refractivity (Wildman–Crippen MR) is 109 cm³/mol. The van der Waals surface area contributed by atoms with Gasteiger partial charge in [-0.1, -0.05) is 6.07 Å². The Morgan fingerprint density at radius 1 is 1.23 bits per heavy atom. The highest BCUT2D eigenvalue weighted by molar-refractivity contribution is 5.92. The Balaban J connectivity index is 1.34. The Bertz CT molecular complexity index is 878. The van der Waals surface area contributed by atoms with Gasteiger partial charge in [-0.05, 0) is 37.0 Å². The summed E-state index contributed by atoms with van der Waals surface area (Å²) in [5.74, 6) is -0.0792. The molecule has 2 aromatic heterocycles. The molecule has 2 atom stereocenters. The quantitative estimate of drug-likeness (QED) is 0.726. The average Bonchev–Trinajstić information content (AvgIpc) is 3.38. The first-order valence-electron chi connectivity index (χ1n) is 10.4. The van der Waals surface area contributed by atoms with Crippen molar-refractivity contribution in [3.63, 3.8) is 0 Å². The maximum atomic E-state index is 12.8. The highest BCUT2D eigenvalue weighted by atomic mass is 16.3. The number of aryl methyl sites for hydroxylation is 1. The number of carbonyl (C=O) groups excluding carboxylic acids is 2. The Morgan fingerprint density at radius 3 is 2.70 bits per heavy atom. The number of β-amino-alcohol motifs (C(OH)–C–C–N with tert-alkyl or cyclic N) is 1. The maximum Gasteiger partial charge on any atom is 0.272 e. The lowest BCUT2D eigenvalue weighted by molar-refractivity contribution is -0.126. The SMILES string of the molecule is Cn1nccc1C(=O)N1CCC(N2C[C@H](O)C[C@H]2C(=O)NCc2cccnc2)CC1. The van der Waals surface area contributed by atoms with E-state index in [1.54, 1.807) is 36.4 Å². The number of amides is 2. The first-order valence-corrected chi connectivity index (χ1v) is 10.4. The van der Waals surface area contributed by atoms with Crippen LogP contribution in [0.3, 0.4) is 0 Å². The molecule has 0 spiro atoms. The van der Waals surface area contributed by atoms with Gasteiger partial charge in [0.25, 0.3) is 5.91 Å². The number of aromatic nitrogens is 3. The van der Waals surface area contributed by atoms with Crippen LogP contribution in [0.1, 0.15) is 35.3 Å². The normalized spacial score (nSPS) is 22.9. The topological polar surface area (TPSA) is 104 Å². The van der Waals surface area contributed by atoms with Gasteiger partial charge >= 0.3 is 0 Å². The standard InChI is InChI=1S/C21H28N6O3/c1-25-18(4-8-24-25)21(30)26-9-5-16(6-10-26)27-14-17(28)11-19(27)20(29)23-13-15-3-2-7-22-12-15/h2-4,7-8,12,16-17,19,28H,5-6,9-11,13-14H2,1H3,(H,23,29)/t17-,19+/m1/s1. The van der Waals surface area contributed by atoms with Crippen molar-refractivity contribution in [2.24, 2.45) is 7.05 Å². The summed E-state index contributed by atoms with van der Waals surface area (Å²) < 4.78 is 1.59. The van der Waals surface area contributed by atoms with Crippen LogP contribution in [0.25, 0.3) is 0 Å². The molecule has 0 saturated carbocycles. The fraction of sp³-hybridized carbons (Fsp3) is 0.524. The second-order valence-corrected chi connectivity index (χ2v) is 8.04. The van der Waals surface area contributed by atoms with Crippen LogP contribution in [0.4, 0.5) is 0 Å². The van der Waals surface area contributed by atoms with E-state index in [4.69, 9.17) is 0 Å². The third-order valence-electron chi connectivity index (χ3n) is 6.07. The largest absolute Gasteiger partial charge is 0.392 e. The van der Waals surface area contributed by atoms with Crippen LogP contribution in [0.2, 0.25) is 0 Å². The second-order valence-electron chi connectivity index (χ2n) is 8.04. The Labute approximate surface area is 175 Å². The molecule has 0 bridgehead atoms. The van der Waals surface area contributed by atoms with E-state index in [9.17, 15) is 14.7 Å². The molecule has 4 heterocycles. The molecule has 2 aliphatic rings. The minimum absolute atomic E-state index is 0.0133. The first kappa shape index (κ1) is 20.5. The summed E-state index contributed by atoms with van der Waals surface area (Å²) in [6, 6.07) is 5.32. The lowest BCUT2D eigenvalue weighted by atomic mass is 10.0.